The first-order valence-electron chi connectivity index (χ1n) is 6.66. The average molecular weight is 324 g/mol. The van der Waals surface area contributed by atoms with Gasteiger partial charge in [0.15, 0.2) is 16.3 Å². The van der Waals surface area contributed by atoms with Crippen LogP contribution in [-0.4, -0.2) is 35.7 Å². The molecule has 0 unspecified atom stereocenters. The van der Waals surface area contributed by atoms with E-state index in [2.05, 4.69) is 15.8 Å². The molecule has 0 spiro atoms. The van der Waals surface area contributed by atoms with E-state index in [0.717, 1.165) is 38.8 Å². The molecule has 1 amide bonds. The molecule has 0 fully saturated rings. The van der Waals surface area contributed by atoms with Gasteiger partial charge in [0.05, 0.1) is 10.2 Å². The summed E-state index contributed by atoms with van der Waals surface area (Å²) in [6.45, 7) is 3.42. The molecule has 0 saturated carbocycles. The van der Waals surface area contributed by atoms with E-state index in [0.29, 0.717) is 13.2 Å². The first-order valence-corrected chi connectivity index (χ1v) is 8.87. The third-order valence-corrected chi connectivity index (χ3v) is 4.75. The third-order valence-electron chi connectivity index (χ3n) is 3.12. The Morgan fingerprint density at radius 2 is 2.10 bits per heavy atom. The number of hydrogen-bond acceptors (Lipinski definition) is 5. The van der Waals surface area contributed by atoms with Gasteiger partial charge in [-0.1, -0.05) is 11.3 Å². The first kappa shape index (κ1) is 14.5. The van der Waals surface area contributed by atoms with E-state index < -0.39 is 0 Å². The monoisotopic (exact) mass is 324 g/mol. The van der Waals surface area contributed by atoms with Gasteiger partial charge in [-0.15, -0.1) is 0 Å². The van der Waals surface area contributed by atoms with Gasteiger partial charge >= 0.3 is 0 Å². The maximum absolute atomic E-state index is 11.3. The van der Waals surface area contributed by atoms with E-state index in [1.807, 2.05) is 12.1 Å². The summed E-state index contributed by atoms with van der Waals surface area (Å²) in [6.07, 6.45) is 2.07. The van der Waals surface area contributed by atoms with E-state index in [-0.39, 0.29) is 5.91 Å². The molecule has 1 aliphatic heterocycles. The molecule has 1 aromatic heterocycles. The third kappa shape index (κ3) is 2.94. The molecule has 3 rings (SSSR count). The van der Waals surface area contributed by atoms with Crippen molar-refractivity contribution in [2.45, 2.75) is 13.5 Å². The number of aryl methyl sites for hydroxylation is 1. The molecule has 0 saturated heterocycles. The van der Waals surface area contributed by atoms with Crippen LogP contribution in [0, 0.1) is 0 Å². The second kappa shape index (κ2) is 6.11. The molecule has 1 aliphatic rings. The summed E-state index contributed by atoms with van der Waals surface area (Å²) in [4.78, 5) is 16.2. The van der Waals surface area contributed by atoms with Gasteiger partial charge in [0.25, 0.3) is 0 Å². The summed E-state index contributed by atoms with van der Waals surface area (Å²) in [5.41, 5.74) is 1.04. The van der Waals surface area contributed by atoms with Crippen molar-refractivity contribution in [3.63, 3.8) is 0 Å². The Kier molecular flexibility index (Phi) is 4.21. The van der Waals surface area contributed by atoms with Crippen LogP contribution in [-0.2, 0) is 11.3 Å². The molecule has 0 N–H and O–H groups in total. The van der Waals surface area contributed by atoms with Crippen molar-refractivity contribution in [2.24, 2.45) is 4.99 Å². The van der Waals surface area contributed by atoms with Crippen molar-refractivity contribution in [2.75, 3.05) is 25.2 Å². The number of carbonyl (C=O) groups is 1. The fraction of sp³-hybridized carbons (Fsp3) is 0.429. The van der Waals surface area contributed by atoms with Crippen LogP contribution in [0.1, 0.15) is 6.92 Å². The Labute approximate surface area is 130 Å². The van der Waals surface area contributed by atoms with Gasteiger partial charge < -0.3 is 14.0 Å². The molecule has 21 heavy (non-hydrogen) atoms. The highest BCUT2D eigenvalue weighted by Gasteiger charge is 2.16. The summed E-state index contributed by atoms with van der Waals surface area (Å²) in [5.74, 6) is 2.31. The lowest BCUT2D eigenvalue weighted by atomic mass is 10.2. The molecule has 0 atom stereocenters. The highest BCUT2D eigenvalue weighted by molar-refractivity contribution is 7.98. The lowest BCUT2D eigenvalue weighted by molar-refractivity contribution is -0.116. The fourth-order valence-corrected chi connectivity index (χ4v) is 3.70. The van der Waals surface area contributed by atoms with Gasteiger partial charge in [-0.2, -0.15) is 16.8 Å². The summed E-state index contributed by atoms with van der Waals surface area (Å²) in [6, 6.07) is 3.96. The van der Waals surface area contributed by atoms with Gasteiger partial charge in [-0.25, -0.2) is 0 Å². The second-order valence-electron chi connectivity index (χ2n) is 4.62. The summed E-state index contributed by atoms with van der Waals surface area (Å²) in [7, 11) is 0. The van der Waals surface area contributed by atoms with Crippen LogP contribution in [0.15, 0.2) is 17.1 Å². The van der Waals surface area contributed by atoms with E-state index in [1.54, 1.807) is 11.8 Å². The summed E-state index contributed by atoms with van der Waals surface area (Å²) >= 11 is 3.27. The highest BCUT2D eigenvalue weighted by Crippen LogP contribution is 2.35. The van der Waals surface area contributed by atoms with Crippen LogP contribution < -0.4 is 14.3 Å². The van der Waals surface area contributed by atoms with Gasteiger partial charge in [0, 0.05) is 31.4 Å². The maximum Gasteiger partial charge on any atom is 0.245 e. The number of nitrogens with zero attached hydrogens (tertiary/aromatic N) is 2. The van der Waals surface area contributed by atoms with Crippen LogP contribution in [0.25, 0.3) is 10.2 Å². The van der Waals surface area contributed by atoms with Crippen molar-refractivity contribution in [3.05, 3.63) is 16.9 Å². The quantitative estimate of drug-likeness (QED) is 0.869. The van der Waals surface area contributed by atoms with Crippen molar-refractivity contribution < 1.29 is 14.3 Å². The predicted molar refractivity (Wildman–Crippen MR) is 85.4 cm³/mol. The summed E-state index contributed by atoms with van der Waals surface area (Å²) < 4.78 is 14.4. The number of benzene rings is 1. The largest absolute Gasteiger partial charge is 0.486 e. The fourth-order valence-electron chi connectivity index (χ4n) is 2.23. The van der Waals surface area contributed by atoms with E-state index >= 15 is 0 Å². The van der Waals surface area contributed by atoms with Gasteiger partial charge in [0.2, 0.25) is 5.91 Å². The zero-order chi connectivity index (χ0) is 14.8. The minimum absolute atomic E-state index is 0.184. The molecule has 1 aromatic carbocycles. The number of thiazole rings is 1. The number of ether oxygens (including phenoxy) is 2. The van der Waals surface area contributed by atoms with Crippen LogP contribution in [0.4, 0.5) is 0 Å². The lowest BCUT2D eigenvalue weighted by Crippen LogP contribution is -2.18. The van der Waals surface area contributed by atoms with Crippen molar-refractivity contribution in [1.29, 1.82) is 0 Å². The molecular weight excluding hydrogens is 308 g/mol. The predicted octanol–water partition coefficient (Wildman–Crippen LogP) is 2.28. The molecule has 112 valence electrons. The number of amides is 1. The van der Waals surface area contributed by atoms with Crippen LogP contribution in [0.2, 0.25) is 0 Å². The van der Waals surface area contributed by atoms with Crippen molar-refractivity contribution in [1.82, 2.24) is 4.57 Å². The SMILES string of the molecule is CSCCn1c(=NC(C)=O)sc2cc3c(cc21)OCCO3. The minimum atomic E-state index is -0.184. The number of hydrogen-bond donors (Lipinski definition) is 0. The topological polar surface area (TPSA) is 52.8 Å². The minimum Gasteiger partial charge on any atom is -0.486 e. The first-order chi connectivity index (χ1) is 10.2. The van der Waals surface area contributed by atoms with Gasteiger partial charge in [-0.05, 0) is 6.26 Å². The number of fused-ring (bicyclic) bond motifs is 2. The number of rotatable bonds is 3. The summed E-state index contributed by atoms with van der Waals surface area (Å²) in [5, 5.41) is 0. The normalized spacial score (nSPS) is 14.7. The van der Waals surface area contributed by atoms with Gasteiger partial charge in [0.1, 0.15) is 13.2 Å². The van der Waals surface area contributed by atoms with Crippen molar-refractivity contribution in [3.8, 4) is 11.5 Å². The van der Waals surface area contributed by atoms with Crippen molar-refractivity contribution >= 4 is 39.2 Å². The van der Waals surface area contributed by atoms with E-state index in [1.165, 1.54) is 18.3 Å². The maximum atomic E-state index is 11.3. The number of thioether (sulfide) groups is 1. The van der Waals surface area contributed by atoms with Crippen LogP contribution in [0.5, 0.6) is 11.5 Å². The Balaban J connectivity index is 2.19. The zero-order valence-electron chi connectivity index (χ0n) is 11.9. The molecular formula is C14H16N2O3S2. The number of carbonyl (C=O) groups excluding carboxylic acids is 1. The molecule has 7 heteroatoms. The Bertz CT molecular complexity index is 748. The Morgan fingerprint density at radius 3 is 2.76 bits per heavy atom. The van der Waals surface area contributed by atoms with Gasteiger partial charge in [-0.3, -0.25) is 4.79 Å². The second-order valence-corrected chi connectivity index (χ2v) is 6.62. The highest BCUT2D eigenvalue weighted by atomic mass is 32.2. The van der Waals surface area contributed by atoms with Crippen LogP contribution in [0.3, 0.4) is 0 Å². The standard InChI is InChI=1S/C14H16N2O3S2/c1-9(17)15-14-16(3-6-20-2)10-7-11-12(8-13(10)21-14)19-5-4-18-11/h7-8H,3-6H2,1-2H3. The Hall–Kier alpha value is -1.47. The average Bonchev–Trinajstić information content (AvgIpc) is 2.78. The molecule has 2 heterocycles. The zero-order valence-corrected chi connectivity index (χ0v) is 13.6. The van der Waals surface area contributed by atoms with E-state index in [9.17, 15) is 4.79 Å². The molecule has 0 radical (unpaired) electrons. The lowest BCUT2D eigenvalue weighted by Gasteiger charge is -2.18. The smallest absolute Gasteiger partial charge is 0.245 e. The van der Waals surface area contributed by atoms with E-state index in [4.69, 9.17) is 9.47 Å². The molecule has 0 bridgehead atoms. The number of aromatic nitrogens is 1. The van der Waals surface area contributed by atoms with Crippen LogP contribution >= 0.6 is 23.1 Å². The molecule has 2 aromatic rings. The Morgan fingerprint density at radius 1 is 1.38 bits per heavy atom. The molecule has 0 aliphatic carbocycles. The molecule has 5 nitrogen and oxygen atoms in total.